The van der Waals surface area contributed by atoms with Gasteiger partial charge < -0.3 is 9.32 Å². The molecule has 5 nitrogen and oxygen atoms in total. The van der Waals surface area contributed by atoms with Gasteiger partial charge in [0.05, 0.1) is 16.1 Å². The summed E-state index contributed by atoms with van der Waals surface area (Å²) in [4.78, 5) is 31.2. The molecule has 0 radical (unpaired) electrons. The minimum atomic E-state index is -1.21. The van der Waals surface area contributed by atoms with Crippen LogP contribution in [-0.4, -0.2) is 34.7 Å². The Kier molecular flexibility index (Phi) is 5.46. The lowest BCUT2D eigenvalue weighted by Gasteiger charge is -2.31. The summed E-state index contributed by atoms with van der Waals surface area (Å²) in [5.74, 6) is -4.59. The summed E-state index contributed by atoms with van der Waals surface area (Å²) < 4.78 is 46.4. The van der Waals surface area contributed by atoms with Crippen LogP contribution in [0.1, 0.15) is 38.6 Å². The maximum Gasteiger partial charge on any atom is 0.257 e. The SMILES string of the molecule is Cc1nc(-c2cc(C(=O)N3CCC(C(=O)c4c(F)cc(F)cc4F)CC3)co2)cs1. The number of rotatable bonds is 4. The second-order valence-corrected chi connectivity index (χ2v) is 8.19. The van der Waals surface area contributed by atoms with E-state index in [-0.39, 0.29) is 31.8 Å². The lowest BCUT2D eigenvalue weighted by atomic mass is 9.88. The first kappa shape index (κ1) is 20.3. The number of hydrogen-bond acceptors (Lipinski definition) is 5. The van der Waals surface area contributed by atoms with Crippen molar-refractivity contribution in [1.82, 2.24) is 9.88 Å². The predicted octanol–water partition coefficient (Wildman–Crippen LogP) is 4.86. The van der Waals surface area contributed by atoms with Crippen LogP contribution in [0.25, 0.3) is 11.5 Å². The average Bonchev–Trinajstić information content (AvgIpc) is 3.36. The molecule has 0 N–H and O–H groups in total. The Morgan fingerprint density at radius 1 is 1.13 bits per heavy atom. The summed E-state index contributed by atoms with van der Waals surface area (Å²) in [6.07, 6.45) is 1.89. The molecular formula is C21H17F3N2O3S. The molecular weight excluding hydrogens is 417 g/mol. The van der Waals surface area contributed by atoms with Crippen LogP contribution in [0.4, 0.5) is 13.2 Å². The number of aryl methyl sites for hydroxylation is 1. The molecule has 0 bridgehead atoms. The number of Topliss-reactive ketones (excluding diaryl/α,β-unsaturated/α-hetero) is 1. The van der Waals surface area contributed by atoms with Gasteiger partial charge in [-0.15, -0.1) is 11.3 Å². The third-order valence-electron chi connectivity index (χ3n) is 5.12. The Labute approximate surface area is 174 Å². The van der Waals surface area contributed by atoms with E-state index in [0.29, 0.717) is 29.2 Å². The first-order valence-electron chi connectivity index (χ1n) is 9.32. The number of ketones is 1. The third kappa shape index (κ3) is 3.89. The second-order valence-electron chi connectivity index (χ2n) is 7.13. The molecule has 1 saturated heterocycles. The van der Waals surface area contributed by atoms with Crippen LogP contribution in [-0.2, 0) is 0 Å². The molecule has 0 spiro atoms. The van der Waals surface area contributed by atoms with Gasteiger partial charge in [0, 0.05) is 36.5 Å². The van der Waals surface area contributed by atoms with Gasteiger partial charge in [-0.2, -0.15) is 0 Å². The highest BCUT2D eigenvalue weighted by Gasteiger charge is 2.32. The van der Waals surface area contributed by atoms with Crippen LogP contribution in [0.3, 0.4) is 0 Å². The van der Waals surface area contributed by atoms with Crippen molar-refractivity contribution in [3.8, 4) is 11.5 Å². The van der Waals surface area contributed by atoms with Crippen LogP contribution < -0.4 is 0 Å². The molecule has 0 saturated carbocycles. The fourth-order valence-electron chi connectivity index (χ4n) is 3.57. The Hall–Kier alpha value is -2.94. The van der Waals surface area contributed by atoms with E-state index in [9.17, 15) is 22.8 Å². The molecule has 0 atom stereocenters. The maximum atomic E-state index is 13.9. The Balaban J connectivity index is 1.42. The number of aromatic nitrogens is 1. The molecule has 4 rings (SSSR count). The minimum absolute atomic E-state index is 0.248. The van der Waals surface area contributed by atoms with Gasteiger partial charge in [0.15, 0.2) is 11.5 Å². The van der Waals surface area contributed by atoms with Crippen molar-refractivity contribution in [2.24, 2.45) is 5.92 Å². The van der Waals surface area contributed by atoms with Gasteiger partial charge in [0.2, 0.25) is 0 Å². The summed E-state index contributed by atoms with van der Waals surface area (Å²) in [7, 11) is 0. The monoisotopic (exact) mass is 434 g/mol. The van der Waals surface area contributed by atoms with Gasteiger partial charge in [-0.05, 0) is 25.8 Å². The minimum Gasteiger partial charge on any atom is -0.462 e. The zero-order valence-electron chi connectivity index (χ0n) is 16.0. The number of nitrogens with zero attached hydrogens (tertiary/aromatic N) is 2. The van der Waals surface area contributed by atoms with E-state index in [0.717, 1.165) is 5.01 Å². The predicted molar refractivity (Wildman–Crippen MR) is 104 cm³/mol. The van der Waals surface area contributed by atoms with E-state index in [1.165, 1.54) is 17.6 Å². The van der Waals surface area contributed by atoms with Crippen molar-refractivity contribution in [2.75, 3.05) is 13.1 Å². The van der Waals surface area contributed by atoms with Crippen LogP contribution >= 0.6 is 11.3 Å². The Bertz CT molecular complexity index is 1090. The summed E-state index contributed by atoms with van der Waals surface area (Å²) >= 11 is 1.48. The lowest BCUT2D eigenvalue weighted by Crippen LogP contribution is -2.40. The van der Waals surface area contributed by atoms with Crippen molar-refractivity contribution in [3.63, 3.8) is 0 Å². The normalized spacial score (nSPS) is 14.9. The standard InChI is InChI=1S/C21H17F3N2O3S/c1-11-25-17(10-30-11)18-6-13(9-29-18)21(28)26-4-2-12(3-5-26)20(27)19-15(23)7-14(22)8-16(19)24/h6-10,12H,2-5H2,1H3. The quantitative estimate of drug-likeness (QED) is 0.550. The molecule has 3 aromatic rings. The van der Waals surface area contributed by atoms with E-state index in [4.69, 9.17) is 4.42 Å². The summed E-state index contributed by atoms with van der Waals surface area (Å²) in [6.45, 7) is 2.39. The highest BCUT2D eigenvalue weighted by Crippen LogP contribution is 2.28. The fraction of sp³-hybridized carbons (Fsp3) is 0.286. The van der Waals surface area contributed by atoms with Crippen molar-refractivity contribution < 1.29 is 27.2 Å². The number of carbonyl (C=O) groups is 2. The van der Waals surface area contributed by atoms with Gasteiger partial charge in [-0.1, -0.05) is 0 Å². The van der Waals surface area contributed by atoms with Crippen molar-refractivity contribution >= 4 is 23.0 Å². The van der Waals surface area contributed by atoms with E-state index in [2.05, 4.69) is 4.98 Å². The van der Waals surface area contributed by atoms with Gasteiger partial charge in [0.25, 0.3) is 5.91 Å². The first-order chi connectivity index (χ1) is 14.3. The average molecular weight is 434 g/mol. The molecule has 1 aromatic carbocycles. The molecule has 1 fully saturated rings. The fourth-order valence-corrected chi connectivity index (χ4v) is 4.17. The summed E-state index contributed by atoms with van der Waals surface area (Å²) in [6, 6.07) is 2.61. The zero-order valence-corrected chi connectivity index (χ0v) is 16.8. The van der Waals surface area contributed by atoms with Crippen molar-refractivity contribution in [3.05, 3.63) is 63.4 Å². The van der Waals surface area contributed by atoms with Crippen LogP contribution in [0.15, 0.2) is 34.3 Å². The Morgan fingerprint density at radius 2 is 1.80 bits per heavy atom. The highest BCUT2D eigenvalue weighted by atomic mass is 32.1. The van der Waals surface area contributed by atoms with Gasteiger partial charge in [-0.25, -0.2) is 18.2 Å². The molecule has 2 aromatic heterocycles. The molecule has 1 aliphatic rings. The van der Waals surface area contributed by atoms with E-state index >= 15 is 0 Å². The molecule has 30 heavy (non-hydrogen) atoms. The number of amides is 1. The molecule has 1 aliphatic heterocycles. The number of benzene rings is 1. The third-order valence-corrected chi connectivity index (χ3v) is 5.90. The molecule has 0 aliphatic carbocycles. The largest absolute Gasteiger partial charge is 0.462 e. The first-order valence-corrected chi connectivity index (χ1v) is 10.2. The number of halogens is 3. The van der Waals surface area contributed by atoms with Crippen molar-refractivity contribution in [1.29, 1.82) is 0 Å². The number of thiazole rings is 1. The van der Waals surface area contributed by atoms with Gasteiger partial charge in [-0.3, -0.25) is 9.59 Å². The molecule has 3 heterocycles. The number of likely N-dealkylation sites (tertiary alicyclic amines) is 1. The molecule has 0 unspecified atom stereocenters. The number of furan rings is 1. The summed E-state index contributed by atoms with van der Waals surface area (Å²) in [5.41, 5.74) is 0.305. The van der Waals surface area contributed by atoms with Crippen LogP contribution in [0.2, 0.25) is 0 Å². The number of carbonyl (C=O) groups excluding carboxylic acids is 2. The van der Waals surface area contributed by atoms with E-state index < -0.39 is 34.7 Å². The smallest absolute Gasteiger partial charge is 0.257 e. The van der Waals surface area contributed by atoms with Crippen LogP contribution in [0, 0.1) is 30.3 Å². The number of piperidine rings is 1. The zero-order chi connectivity index (χ0) is 21.4. The van der Waals surface area contributed by atoms with Gasteiger partial charge >= 0.3 is 0 Å². The topological polar surface area (TPSA) is 63.4 Å². The molecule has 156 valence electrons. The van der Waals surface area contributed by atoms with Crippen LogP contribution in [0.5, 0.6) is 0 Å². The Morgan fingerprint density at radius 3 is 2.40 bits per heavy atom. The summed E-state index contributed by atoms with van der Waals surface area (Å²) in [5, 5.41) is 2.72. The van der Waals surface area contributed by atoms with Crippen molar-refractivity contribution in [2.45, 2.75) is 19.8 Å². The lowest BCUT2D eigenvalue weighted by molar-refractivity contribution is 0.0647. The van der Waals surface area contributed by atoms with E-state index in [1.54, 1.807) is 11.0 Å². The highest BCUT2D eigenvalue weighted by molar-refractivity contribution is 7.09. The second kappa shape index (κ2) is 8.06. The van der Waals surface area contributed by atoms with Gasteiger partial charge in [0.1, 0.15) is 29.4 Å². The molecule has 1 amide bonds. The van der Waals surface area contributed by atoms with E-state index in [1.807, 2.05) is 12.3 Å². The number of hydrogen-bond donors (Lipinski definition) is 0. The maximum absolute atomic E-state index is 13.9. The molecule has 9 heteroatoms.